The number of nitrogens with zero attached hydrogens (tertiary/aromatic N) is 1. The summed E-state index contributed by atoms with van der Waals surface area (Å²) in [7, 11) is 0. The molecule has 0 bridgehead atoms. The van der Waals surface area contributed by atoms with E-state index >= 15 is 0 Å². The van der Waals surface area contributed by atoms with Gasteiger partial charge in [0.05, 0.1) is 0 Å². The minimum atomic E-state index is 0.879. The van der Waals surface area contributed by atoms with Crippen LogP contribution in [0, 0.1) is 5.92 Å². The first-order valence-corrected chi connectivity index (χ1v) is 6.40. The van der Waals surface area contributed by atoms with Crippen molar-refractivity contribution in [2.45, 2.75) is 26.3 Å². The average molecular weight is 216 g/mol. The van der Waals surface area contributed by atoms with Gasteiger partial charge in [-0.25, -0.2) is 0 Å². The van der Waals surface area contributed by atoms with Crippen molar-refractivity contribution in [2.24, 2.45) is 5.92 Å². The Labute approximate surface area is 97.6 Å². The molecule has 2 nitrogen and oxygen atoms in total. The van der Waals surface area contributed by atoms with Crippen LogP contribution in [0.2, 0.25) is 0 Å². The Balaban J connectivity index is 1.77. The van der Waals surface area contributed by atoms with Crippen LogP contribution in [0.1, 0.15) is 24.5 Å². The number of anilines is 1. The summed E-state index contributed by atoms with van der Waals surface area (Å²) in [5.74, 6) is 0.879. The normalized spacial score (nSPS) is 24.4. The molecule has 1 aromatic rings. The number of para-hydroxylation sites is 1. The third-order valence-electron chi connectivity index (χ3n) is 3.84. The van der Waals surface area contributed by atoms with Gasteiger partial charge in [-0.05, 0) is 36.4 Å². The molecule has 16 heavy (non-hydrogen) atoms. The molecule has 0 amide bonds. The van der Waals surface area contributed by atoms with Crippen molar-refractivity contribution in [3.05, 3.63) is 29.3 Å². The van der Waals surface area contributed by atoms with Crippen LogP contribution < -0.4 is 5.32 Å². The standard InChI is InChI=1S/C14H20N2/c1-11-6-8-16(9-11)10-13-4-2-3-12-5-7-15-14(12)13/h2-4,11,15H,5-10H2,1H3. The van der Waals surface area contributed by atoms with Crippen molar-refractivity contribution >= 4 is 5.69 Å². The Hall–Kier alpha value is -1.02. The molecule has 0 saturated carbocycles. The first-order chi connectivity index (χ1) is 7.83. The number of nitrogens with one attached hydrogen (secondary N) is 1. The summed E-state index contributed by atoms with van der Waals surface area (Å²) in [4.78, 5) is 2.58. The van der Waals surface area contributed by atoms with Crippen LogP contribution >= 0.6 is 0 Å². The molecule has 0 radical (unpaired) electrons. The van der Waals surface area contributed by atoms with Crippen LogP contribution in [-0.4, -0.2) is 24.5 Å². The average Bonchev–Trinajstić information content (AvgIpc) is 2.87. The largest absolute Gasteiger partial charge is 0.384 e. The van der Waals surface area contributed by atoms with Gasteiger partial charge in [0, 0.05) is 25.3 Å². The van der Waals surface area contributed by atoms with E-state index in [1.807, 2.05) is 0 Å². The van der Waals surface area contributed by atoms with Crippen LogP contribution in [0.25, 0.3) is 0 Å². The smallest absolute Gasteiger partial charge is 0.0419 e. The number of fused-ring (bicyclic) bond motifs is 1. The number of hydrogen-bond donors (Lipinski definition) is 1. The van der Waals surface area contributed by atoms with Gasteiger partial charge in [0.2, 0.25) is 0 Å². The summed E-state index contributed by atoms with van der Waals surface area (Å²) in [6, 6.07) is 6.74. The van der Waals surface area contributed by atoms with Crippen molar-refractivity contribution < 1.29 is 0 Å². The number of likely N-dealkylation sites (tertiary alicyclic amines) is 1. The van der Waals surface area contributed by atoms with Gasteiger partial charge in [-0.2, -0.15) is 0 Å². The maximum atomic E-state index is 3.53. The van der Waals surface area contributed by atoms with Gasteiger partial charge in [0.1, 0.15) is 0 Å². The van der Waals surface area contributed by atoms with E-state index in [1.165, 1.54) is 42.7 Å². The second kappa shape index (κ2) is 4.10. The molecule has 2 aliphatic rings. The zero-order valence-corrected chi connectivity index (χ0v) is 10.00. The zero-order chi connectivity index (χ0) is 11.0. The van der Waals surface area contributed by atoms with Gasteiger partial charge in [-0.1, -0.05) is 25.1 Å². The topological polar surface area (TPSA) is 15.3 Å². The molecule has 1 saturated heterocycles. The summed E-state index contributed by atoms with van der Waals surface area (Å²) in [6.07, 6.45) is 2.56. The number of hydrogen-bond acceptors (Lipinski definition) is 2. The van der Waals surface area contributed by atoms with Crippen molar-refractivity contribution in [1.29, 1.82) is 0 Å². The fraction of sp³-hybridized carbons (Fsp3) is 0.571. The Morgan fingerprint density at radius 3 is 3.19 bits per heavy atom. The molecule has 3 rings (SSSR count). The third kappa shape index (κ3) is 1.82. The van der Waals surface area contributed by atoms with Crippen molar-refractivity contribution in [3.8, 4) is 0 Å². The summed E-state index contributed by atoms with van der Waals surface area (Å²) >= 11 is 0. The lowest BCUT2D eigenvalue weighted by molar-refractivity contribution is 0.321. The van der Waals surface area contributed by atoms with Crippen molar-refractivity contribution in [3.63, 3.8) is 0 Å². The highest BCUT2D eigenvalue weighted by Gasteiger charge is 2.21. The lowest BCUT2D eigenvalue weighted by atomic mass is 10.1. The van der Waals surface area contributed by atoms with E-state index in [4.69, 9.17) is 0 Å². The fourth-order valence-corrected chi connectivity index (χ4v) is 2.95. The first kappa shape index (κ1) is 10.2. The van der Waals surface area contributed by atoms with Crippen LogP contribution in [0.5, 0.6) is 0 Å². The molecule has 1 N–H and O–H groups in total. The van der Waals surface area contributed by atoms with E-state index in [9.17, 15) is 0 Å². The maximum Gasteiger partial charge on any atom is 0.0419 e. The fourth-order valence-electron chi connectivity index (χ4n) is 2.95. The molecule has 1 aromatic carbocycles. The molecular weight excluding hydrogens is 196 g/mol. The Kier molecular flexibility index (Phi) is 2.60. The molecule has 2 aliphatic heterocycles. The summed E-state index contributed by atoms with van der Waals surface area (Å²) in [5, 5.41) is 3.53. The van der Waals surface area contributed by atoms with Gasteiger partial charge >= 0.3 is 0 Å². The molecule has 86 valence electrons. The zero-order valence-electron chi connectivity index (χ0n) is 10.00. The highest BCUT2D eigenvalue weighted by atomic mass is 15.1. The highest BCUT2D eigenvalue weighted by molar-refractivity contribution is 5.61. The van der Waals surface area contributed by atoms with Crippen LogP contribution in [0.3, 0.4) is 0 Å². The molecule has 2 heterocycles. The van der Waals surface area contributed by atoms with Crippen molar-refractivity contribution in [1.82, 2.24) is 4.90 Å². The summed E-state index contributed by atoms with van der Waals surface area (Å²) < 4.78 is 0. The predicted molar refractivity (Wildman–Crippen MR) is 67.7 cm³/mol. The van der Waals surface area contributed by atoms with Crippen molar-refractivity contribution in [2.75, 3.05) is 25.0 Å². The van der Waals surface area contributed by atoms with Gasteiger partial charge in [0.15, 0.2) is 0 Å². The Bertz CT molecular complexity index is 386. The van der Waals surface area contributed by atoms with Crippen LogP contribution in [-0.2, 0) is 13.0 Å². The SMILES string of the molecule is CC1CCN(Cc2cccc3c2NCC3)C1. The van der Waals surface area contributed by atoms with Gasteiger partial charge in [-0.3, -0.25) is 4.90 Å². The molecule has 0 spiro atoms. The minimum Gasteiger partial charge on any atom is -0.384 e. The lowest BCUT2D eigenvalue weighted by Gasteiger charge is -2.17. The summed E-state index contributed by atoms with van der Waals surface area (Å²) in [5.41, 5.74) is 4.41. The van der Waals surface area contributed by atoms with E-state index in [1.54, 1.807) is 0 Å². The van der Waals surface area contributed by atoms with E-state index in [0.29, 0.717) is 0 Å². The lowest BCUT2D eigenvalue weighted by Crippen LogP contribution is -2.20. The van der Waals surface area contributed by atoms with E-state index in [2.05, 4.69) is 35.3 Å². The number of rotatable bonds is 2. The van der Waals surface area contributed by atoms with E-state index in [0.717, 1.165) is 19.0 Å². The first-order valence-electron chi connectivity index (χ1n) is 6.40. The number of benzene rings is 1. The van der Waals surface area contributed by atoms with Gasteiger partial charge in [-0.15, -0.1) is 0 Å². The second-order valence-electron chi connectivity index (χ2n) is 5.26. The predicted octanol–water partition coefficient (Wildman–Crippen LogP) is 2.50. The highest BCUT2D eigenvalue weighted by Crippen LogP contribution is 2.28. The Morgan fingerprint density at radius 2 is 2.38 bits per heavy atom. The van der Waals surface area contributed by atoms with E-state index < -0.39 is 0 Å². The molecule has 2 heteroatoms. The monoisotopic (exact) mass is 216 g/mol. The van der Waals surface area contributed by atoms with Crippen LogP contribution in [0.4, 0.5) is 5.69 Å². The Morgan fingerprint density at radius 1 is 1.44 bits per heavy atom. The summed E-state index contributed by atoms with van der Waals surface area (Å²) in [6.45, 7) is 7.13. The molecule has 1 atom stereocenters. The van der Waals surface area contributed by atoms with E-state index in [-0.39, 0.29) is 0 Å². The molecule has 0 aliphatic carbocycles. The van der Waals surface area contributed by atoms with Crippen LogP contribution in [0.15, 0.2) is 18.2 Å². The molecule has 1 fully saturated rings. The van der Waals surface area contributed by atoms with Gasteiger partial charge < -0.3 is 5.32 Å². The maximum absolute atomic E-state index is 3.53. The second-order valence-corrected chi connectivity index (χ2v) is 5.26. The quantitative estimate of drug-likeness (QED) is 0.817. The minimum absolute atomic E-state index is 0.879. The van der Waals surface area contributed by atoms with Gasteiger partial charge in [0.25, 0.3) is 0 Å². The molecular formula is C14H20N2. The molecule has 1 unspecified atom stereocenters. The molecule has 0 aromatic heterocycles. The third-order valence-corrected chi connectivity index (χ3v) is 3.84.